The highest BCUT2D eigenvalue weighted by molar-refractivity contribution is 6.00. The summed E-state index contributed by atoms with van der Waals surface area (Å²) >= 11 is 0. The lowest BCUT2D eigenvalue weighted by Gasteiger charge is -2.34. The molecule has 1 saturated carbocycles. The van der Waals surface area contributed by atoms with Gasteiger partial charge in [0.05, 0.1) is 11.8 Å². The Kier molecular flexibility index (Phi) is 5.30. The van der Waals surface area contributed by atoms with Crippen molar-refractivity contribution in [3.63, 3.8) is 0 Å². The number of anilines is 1. The van der Waals surface area contributed by atoms with Gasteiger partial charge < -0.3 is 15.1 Å². The fourth-order valence-electron chi connectivity index (χ4n) is 3.65. The molecule has 3 amide bonds. The van der Waals surface area contributed by atoms with Crippen LogP contribution in [0.2, 0.25) is 0 Å². The summed E-state index contributed by atoms with van der Waals surface area (Å²) in [5, 5.41) is 3.04. The van der Waals surface area contributed by atoms with Crippen LogP contribution in [0.25, 0.3) is 0 Å². The van der Waals surface area contributed by atoms with Crippen LogP contribution in [0, 0.1) is 18.8 Å². The van der Waals surface area contributed by atoms with Crippen LogP contribution >= 0.6 is 0 Å². The predicted molar refractivity (Wildman–Crippen MR) is 99.6 cm³/mol. The molecule has 1 N–H and O–H groups in total. The second kappa shape index (κ2) is 7.48. The highest BCUT2D eigenvalue weighted by Crippen LogP contribution is 2.41. The van der Waals surface area contributed by atoms with E-state index in [0.717, 1.165) is 23.2 Å². The van der Waals surface area contributed by atoms with Crippen LogP contribution in [0.3, 0.4) is 0 Å². The molecule has 2 unspecified atom stereocenters. The highest BCUT2D eigenvalue weighted by atomic mass is 16.2. The van der Waals surface area contributed by atoms with Crippen molar-refractivity contribution >= 4 is 23.4 Å². The van der Waals surface area contributed by atoms with Gasteiger partial charge in [-0.15, -0.1) is 0 Å². The molecular weight excluding hydrogens is 330 g/mol. The number of nitrogens with zero attached hydrogens (tertiary/aromatic N) is 2. The third kappa shape index (κ3) is 3.74. The Labute approximate surface area is 154 Å². The summed E-state index contributed by atoms with van der Waals surface area (Å²) in [5.74, 6) is -0.417. The first kappa shape index (κ1) is 18.4. The van der Waals surface area contributed by atoms with Crippen LogP contribution < -0.4 is 5.32 Å². The fraction of sp³-hybridized carbons (Fsp3) is 0.550. The van der Waals surface area contributed by atoms with E-state index in [2.05, 4.69) is 12.2 Å². The number of hydrogen-bond acceptors (Lipinski definition) is 3. The van der Waals surface area contributed by atoms with Crippen LogP contribution in [0.4, 0.5) is 5.69 Å². The lowest BCUT2D eigenvalue weighted by Crippen LogP contribution is -2.50. The number of para-hydroxylation sites is 1. The molecule has 1 heterocycles. The van der Waals surface area contributed by atoms with Gasteiger partial charge in [-0.25, -0.2) is 0 Å². The fourth-order valence-corrected chi connectivity index (χ4v) is 3.65. The van der Waals surface area contributed by atoms with Crippen LogP contribution in [0.1, 0.15) is 31.4 Å². The minimum Gasteiger partial charge on any atom is -0.339 e. The zero-order chi connectivity index (χ0) is 18.8. The number of carbonyl (C=O) groups excluding carboxylic acids is 3. The summed E-state index contributed by atoms with van der Waals surface area (Å²) in [6, 6.07) is 6.00. The van der Waals surface area contributed by atoms with E-state index in [-0.39, 0.29) is 29.6 Å². The molecule has 1 saturated heterocycles. The summed E-state index contributed by atoms with van der Waals surface area (Å²) in [7, 11) is 0. The SMILES string of the molecule is CCc1cccc(C)c1NC(=O)C1CC1C(=O)N1CCN(C(C)=O)CC1. The van der Waals surface area contributed by atoms with Crippen LogP contribution in [-0.4, -0.2) is 53.7 Å². The van der Waals surface area contributed by atoms with Crippen molar-refractivity contribution in [2.45, 2.75) is 33.6 Å². The molecule has 0 aromatic heterocycles. The lowest BCUT2D eigenvalue weighted by molar-refractivity contribution is -0.139. The third-order valence-corrected chi connectivity index (χ3v) is 5.47. The highest BCUT2D eigenvalue weighted by Gasteiger charge is 2.49. The molecule has 1 aromatic carbocycles. The van der Waals surface area contributed by atoms with Crippen molar-refractivity contribution in [3.05, 3.63) is 29.3 Å². The van der Waals surface area contributed by atoms with Gasteiger partial charge in [-0.1, -0.05) is 25.1 Å². The monoisotopic (exact) mass is 357 g/mol. The first-order valence-electron chi connectivity index (χ1n) is 9.36. The number of aryl methyl sites for hydroxylation is 2. The van der Waals surface area contributed by atoms with Gasteiger partial charge >= 0.3 is 0 Å². The van der Waals surface area contributed by atoms with Crippen LogP contribution in [0.15, 0.2) is 18.2 Å². The van der Waals surface area contributed by atoms with E-state index in [1.165, 1.54) is 0 Å². The minimum atomic E-state index is -0.238. The van der Waals surface area contributed by atoms with Gasteiger partial charge in [-0.05, 0) is 30.9 Å². The average Bonchev–Trinajstić information content (AvgIpc) is 3.43. The number of nitrogens with one attached hydrogen (secondary N) is 1. The van der Waals surface area contributed by atoms with Gasteiger partial charge in [0.15, 0.2) is 0 Å². The first-order valence-corrected chi connectivity index (χ1v) is 9.36. The number of hydrogen-bond donors (Lipinski definition) is 1. The van der Waals surface area contributed by atoms with E-state index in [9.17, 15) is 14.4 Å². The molecular formula is C20H27N3O3. The number of benzene rings is 1. The van der Waals surface area contributed by atoms with Crippen molar-refractivity contribution in [3.8, 4) is 0 Å². The van der Waals surface area contributed by atoms with Crippen molar-refractivity contribution in [1.29, 1.82) is 0 Å². The van der Waals surface area contributed by atoms with Gasteiger partial charge in [-0.2, -0.15) is 0 Å². The maximum Gasteiger partial charge on any atom is 0.228 e. The molecule has 140 valence electrons. The van der Waals surface area contributed by atoms with E-state index in [1.54, 1.807) is 16.7 Å². The van der Waals surface area contributed by atoms with Gasteiger partial charge in [0.1, 0.15) is 0 Å². The van der Waals surface area contributed by atoms with Gasteiger partial charge in [0.25, 0.3) is 0 Å². The molecule has 2 fully saturated rings. The normalized spacial score (nSPS) is 22.1. The summed E-state index contributed by atoms with van der Waals surface area (Å²) in [5.41, 5.74) is 3.04. The molecule has 1 aliphatic heterocycles. The summed E-state index contributed by atoms with van der Waals surface area (Å²) in [4.78, 5) is 40.2. The summed E-state index contributed by atoms with van der Waals surface area (Å²) < 4.78 is 0. The topological polar surface area (TPSA) is 69.7 Å². The van der Waals surface area contributed by atoms with Crippen LogP contribution in [-0.2, 0) is 20.8 Å². The lowest BCUT2D eigenvalue weighted by atomic mass is 10.1. The Morgan fingerprint density at radius 2 is 1.73 bits per heavy atom. The van der Waals surface area contributed by atoms with Gasteiger partial charge in [0.2, 0.25) is 17.7 Å². The minimum absolute atomic E-state index is 0.0470. The van der Waals surface area contributed by atoms with E-state index in [1.807, 2.05) is 25.1 Å². The smallest absolute Gasteiger partial charge is 0.228 e. The van der Waals surface area contributed by atoms with E-state index in [0.29, 0.717) is 32.6 Å². The zero-order valence-corrected chi connectivity index (χ0v) is 15.7. The molecule has 0 bridgehead atoms. The van der Waals surface area contributed by atoms with Gasteiger partial charge in [-0.3, -0.25) is 14.4 Å². The molecule has 1 aromatic rings. The maximum absolute atomic E-state index is 12.6. The number of rotatable bonds is 4. The molecule has 26 heavy (non-hydrogen) atoms. The third-order valence-electron chi connectivity index (χ3n) is 5.47. The molecule has 6 nitrogen and oxygen atoms in total. The molecule has 0 radical (unpaired) electrons. The van der Waals surface area contributed by atoms with E-state index >= 15 is 0 Å². The second-order valence-corrected chi connectivity index (χ2v) is 7.23. The number of carbonyl (C=O) groups is 3. The zero-order valence-electron chi connectivity index (χ0n) is 15.7. The Balaban J connectivity index is 1.56. The maximum atomic E-state index is 12.6. The van der Waals surface area contributed by atoms with Crippen molar-refractivity contribution in [2.24, 2.45) is 11.8 Å². The molecule has 0 spiro atoms. The largest absolute Gasteiger partial charge is 0.339 e. The first-order chi connectivity index (χ1) is 12.4. The van der Waals surface area contributed by atoms with Crippen molar-refractivity contribution in [2.75, 3.05) is 31.5 Å². The quantitative estimate of drug-likeness (QED) is 0.894. The van der Waals surface area contributed by atoms with E-state index < -0.39 is 0 Å². The average molecular weight is 357 g/mol. The molecule has 1 aliphatic carbocycles. The standard InChI is InChI=1S/C20H27N3O3/c1-4-15-7-5-6-13(2)18(15)21-19(25)16-12-17(16)20(26)23-10-8-22(9-11-23)14(3)24/h5-7,16-17H,4,8-12H2,1-3H3,(H,21,25). The van der Waals surface area contributed by atoms with Gasteiger partial charge in [0, 0.05) is 38.8 Å². The molecule has 2 atom stereocenters. The number of piperazine rings is 1. The number of amides is 3. The Bertz CT molecular complexity index is 723. The molecule has 6 heteroatoms. The predicted octanol–water partition coefficient (Wildman–Crippen LogP) is 1.82. The van der Waals surface area contributed by atoms with Crippen molar-refractivity contribution < 1.29 is 14.4 Å². The molecule has 3 rings (SSSR count). The summed E-state index contributed by atoms with van der Waals surface area (Å²) in [6.07, 6.45) is 1.47. The summed E-state index contributed by atoms with van der Waals surface area (Å²) in [6.45, 7) is 7.87. The van der Waals surface area contributed by atoms with E-state index in [4.69, 9.17) is 0 Å². The molecule has 2 aliphatic rings. The Morgan fingerprint density at radius 1 is 1.08 bits per heavy atom. The van der Waals surface area contributed by atoms with Crippen molar-refractivity contribution in [1.82, 2.24) is 9.80 Å². The second-order valence-electron chi connectivity index (χ2n) is 7.23. The Morgan fingerprint density at radius 3 is 2.35 bits per heavy atom. The Hall–Kier alpha value is -2.37. The van der Waals surface area contributed by atoms with Crippen LogP contribution in [0.5, 0.6) is 0 Å².